The molecule has 0 aliphatic heterocycles. The highest BCUT2D eigenvalue weighted by Crippen LogP contribution is 2.29. The summed E-state index contributed by atoms with van der Waals surface area (Å²) in [6, 6.07) is 4.49. The van der Waals surface area contributed by atoms with Crippen LogP contribution in [0.5, 0.6) is 0 Å². The molecule has 0 unspecified atom stereocenters. The van der Waals surface area contributed by atoms with Crippen molar-refractivity contribution >= 4 is 27.4 Å². The SMILES string of the molecule is CC(=O)Nc1cc(S(=O)(=O)O)ccc1NC1CCCCC1. The fraction of sp³-hybridized carbons (Fsp3) is 0.500. The van der Waals surface area contributed by atoms with Gasteiger partial charge < -0.3 is 10.6 Å². The van der Waals surface area contributed by atoms with Gasteiger partial charge in [-0.1, -0.05) is 19.3 Å². The Morgan fingerprint density at radius 1 is 1.19 bits per heavy atom. The van der Waals surface area contributed by atoms with E-state index in [-0.39, 0.29) is 10.8 Å². The Balaban J connectivity index is 2.28. The second-order valence-electron chi connectivity index (χ2n) is 5.34. The number of carbonyl (C=O) groups is 1. The van der Waals surface area contributed by atoms with E-state index < -0.39 is 10.1 Å². The van der Waals surface area contributed by atoms with Crippen LogP contribution in [0.1, 0.15) is 39.0 Å². The van der Waals surface area contributed by atoms with Crippen LogP contribution in [0.4, 0.5) is 11.4 Å². The van der Waals surface area contributed by atoms with Crippen molar-refractivity contribution in [2.45, 2.75) is 50.0 Å². The van der Waals surface area contributed by atoms with E-state index in [0.29, 0.717) is 17.4 Å². The van der Waals surface area contributed by atoms with Crippen molar-refractivity contribution in [2.24, 2.45) is 0 Å². The number of carbonyl (C=O) groups excluding carboxylic acids is 1. The molecule has 1 fully saturated rings. The molecule has 21 heavy (non-hydrogen) atoms. The quantitative estimate of drug-likeness (QED) is 0.743. The molecular weight excluding hydrogens is 292 g/mol. The van der Waals surface area contributed by atoms with Crippen molar-refractivity contribution in [3.8, 4) is 0 Å². The first kappa shape index (κ1) is 15.8. The Bertz CT molecular complexity index is 622. The van der Waals surface area contributed by atoms with Gasteiger partial charge in [-0.3, -0.25) is 9.35 Å². The molecule has 0 aromatic heterocycles. The molecule has 0 heterocycles. The topological polar surface area (TPSA) is 95.5 Å². The van der Waals surface area contributed by atoms with Crippen molar-refractivity contribution in [2.75, 3.05) is 10.6 Å². The van der Waals surface area contributed by atoms with Crippen LogP contribution in [0.3, 0.4) is 0 Å². The molecule has 2 rings (SSSR count). The van der Waals surface area contributed by atoms with Crippen LogP contribution in [-0.4, -0.2) is 24.9 Å². The van der Waals surface area contributed by atoms with Gasteiger partial charge in [0.05, 0.1) is 16.3 Å². The number of hydrogen-bond acceptors (Lipinski definition) is 4. The average Bonchev–Trinajstić information content (AvgIpc) is 2.40. The predicted molar refractivity (Wildman–Crippen MR) is 81.1 cm³/mol. The van der Waals surface area contributed by atoms with Gasteiger partial charge in [-0.05, 0) is 31.0 Å². The van der Waals surface area contributed by atoms with E-state index in [0.717, 1.165) is 25.7 Å². The maximum Gasteiger partial charge on any atom is 0.294 e. The third-order valence-electron chi connectivity index (χ3n) is 3.56. The molecule has 0 bridgehead atoms. The summed E-state index contributed by atoms with van der Waals surface area (Å²) in [5, 5.41) is 5.94. The number of benzene rings is 1. The van der Waals surface area contributed by atoms with Crippen molar-refractivity contribution in [3.63, 3.8) is 0 Å². The van der Waals surface area contributed by atoms with Crippen LogP contribution >= 0.6 is 0 Å². The van der Waals surface area contributed by atoms with Crippen LogP contribution < -0.4 is 10.6 Å². The summed E-state index contributed by atoms with van der Waals surface area (Å²) in [4.78, 5) is 11.0. The third kappa shape index (κ3) is 4.44. The Kier molecular flexibility index (Phi) is 4.84. The Morgan fingerprint density at radius 3 is 2.43 bits per heavy atom. The van der Waals surface area contributed by atoms with Gasteiger partial charge in [-0.2, -0.15) is 8.42 Å². The van der Waals surface area contributed by atoms with Crippen molar-refractivity contribution in [1.82, 2.24) is 0 Å². The third-order valence-corrected chi connectivity index (χ3v) is 4.41. The molecule has 0 atom stereocenters. The fourth-order valence-electron chi connectivity index (χ4n) is 2.57. The summed E-state index contributed by atoms with van der Waals surface area (Å²) >= 11 is 0. The summed E-state index contributed by atoms with van der Waals surface area (Å²) in [5.41, 5.74) is 1.03. The number of amides is 1. The van der Waals surface area contributed by atoms with Crippen molar-refractivity contribution < 1.29 is 17.8 Å². The molecule has 1 aliphatic carbocycles. The minimum atomic E-state index is -4.29. The lowest BCUT2D eigenvalue weighted by Crippen LogP contribution is -2.23. The van der Waals surface area contributed by atoms with Crippen molar-refractivity contribution in [1.29, 1.82) is 0 Å². The molecular formula is C14H20N2O4S. The Hall–Kier alpha value is -1.60. The second kappa shape index (κ2) is 6.44. The second-order valence-corrected chi connectivity index (χ2v) is 6.76. The van der Waals surface area contributed by atoms with Gasteiger partial charge in [-0.25, -0.2) is 0 Å². The lowest BCUT2D eigenvalue weighted by molar-refractivity contribution is -0.114. The first-order valence-electron chi connectivity index (χ1n) is 7.02. The van der Waals surface area contributed by atoms with E-state index in [9.17, 15) is 13.2 Å². The van der Waals surface area contributed by atoms with Gasteiger partial charge >= 0.3 is 0 Å². The van der Waals surface area contributed by atoms with Gasteiger partial charge in [0.15, 0.2) is 0 Å². The van der Waals surface area contributed by atoms with E-state index in [1.54, 1.807) is 6.07 Å². The van der Waals surface area contributed by atoms with E-state index in [2.05, 4.69) is 10.6 Å². The van der Waals surface area contributed by atoms with Crippen LogP contribution in [0, 0.1) is 0 Å². The van der Waals surface area contributed by atoms with Gasteiger partial charge in [0, 0.05) is 13.0 Å². The average molecular weight is 312 g/mol. The molecule has 1 aromatic carbocycles. The highest BCUT2D eigenvalue weighted by molar-refractivity contribution is 7.85. The van der Waals surface area contributed by atoms with Gasteiger partial charge in [0.1, 0.15) is 0 Å². The molecule has 3 N–H and O–H groups in total. The summed E-state index contributed by atoms with van der Waals surface area (Å²) in [6.45, 7) is 1.35. The Morgan fingerprint density at radius 2 is 1.86 bits per heavy atom. The lowest BCUT2D eigenvalue weighted by atomic mass is 9.95. The maximum absolute atomic E-state index is 11.3. The highest BCUT2D eigenvalue weighted by Gasteiger charge is 2.17. The molecule has 7 heteroatoms. The minimum Gasteiger partial charge on any atom is -0.381 e. The summed E-state index contributed by atoms with van der Waals surface area (Å²) in [6.07, 6.45) is 5.67. The van der Waals surface area contributed by atoms with E-state index in [1.807, 2.05) is 0 Å². The monoisotopic (exact) mass is 312 g/mol. The summed E-state index contributed by atoms with van der Waals surface area (Å²) in [7, 11) is -4.29. The maximum atomic E-state index is 11.3. The van der Waals surface area contributed by atoms with E-state index in [4.69, 9.17) is 4.55 Å². The molecule has 0 saturated heterocycles. The Labute approximate surface area is 124 Å². The van der Waals surface area contributed by atoms with Crippen LogP contribution in [-0.2, 0) is 14.9 Å². The van der Waals surface area contributed by atoms with Gasteiger partial charge in [0.2, 0.25) is 5.91 Å². The molecule has 116 valence electrons. The molecule has 6 nitrogen and oxygen atoms in total. The fourth-order valence-corrected chi connectivity index (χ4v) is 3.08. The zero-order valence-electron chi connectivity index (χ0n) is 11.9. The molecule has 1 amide bonds. The van der Waals surface area contributed by atoms with Crippen molar-refractivity contribution in [3.05, 3.63) is 18.2 Å². The normalized spacial score (nSPS) is 16.5. The molecule has 0 radical (unpaired) electrons. The van der Waals surface area contributed by atoms with E-state index in [1.165, 1.54) is 25.5 Å². The lowest BCUT2D eigenvalue weighted by Gasteiger charge is -2.25. The molecule has 1 aromatic rings. The zero-order chi connectivity index (χ0) is 15.5. The molecule has 0 spiro atoms. The smallest absolute Gasteiger partial charge is 0.294 e. The number of nitrogens with one attached hydrogen (secondary N) is 2. The highest BCUT2D eigenvalue weighted by atomic mass is 32.2. The van der Waals surface area contributed by atoms with Crippen LogP contribution in [0.15, 0.2) is 23.1 Å². The number of hydrogen-bond donors (Lipinski definition) is 3. The minimum absolute atomic E-state index is 0.236. The number of rotatable bonds is 4. The first-order chi connectivity index (χ1) is 9.86. The first-order valence-corrected chi connectivity index (χ1v) is 8.46. The zero-order valence-corrected chi connectivity index (χ0v) is 12.7. The van der Waals surface area contributed by atoms with Gasteiger partial charge in [0.25, 0.3) is 10.1 Å². The largest absolute Gasteiger partial charge is 0.381 e. The molecule has 1 aliphatic rings. The number of anilines is 2. The molecule has 1 saturated carbocycles. The summed E-state index contributed by atoms with van der Waals surface area (Å²) < 4.78 is 31.5. The standard InChI is InChI=1S/C14H20N2O4S/c1-10(17)15-14-9-12(21(18,19)20)7-8-13(14)16-11-5-3-2-4-6-11/h7-9,11,16H,2-6H2,1H3,(H,15,17)(H,18,19,20). The van der Waals surface area contributed by atoms with Gasteiger partial charge in [-0.15, -0.1) is 0 Å². The van der Waals surface area contributed by atoms with Crippen LogP contribution in [0.25, 0.3) is 0 Å². The predicted octanol–water partition coefficient (Wildman–Crippen LogP) is 2.64. The van der Waals surface area contributed by atoms with E-state index >= 15 is 0 Å². The summed E-state index contributed by atoms with van der Waals surface area (Å²) in [5.74, 6) is -0.297. The van der Waals surface area contributed by atoms with Crippen LogP contribution in [0.2, 0.25) is 0 Å².